The smallest absolute Gasteiger partial charge is 0.278 e. The first-order chi connectivity index (χ1) is 15.1. The Morgan fingerprint density at radius 2 is 1.77 bits per heavy atom. The Balaban J connectivity index is 1.50. The van der Waals surface area contributed by atoms with Crippen molar-refractivity contribution < 1.29 is 19.1 Å². The molecule has 0 atom stereocenters. The number of fused-ring (bicyclic) bond motifs is 1. The van der Waals surface area contributed by atoms with Crippen molar-refractivity contribution in [3.8, 4) is 11.5 Å². The first-order valence-corrected chi connectivity index (χ1v) is 10.9. The lowest BCUT2D eigenvalue weighted by atomic mass is 10.1. The summed E-state index contributed by atoms with van der Waals surface area (Å²) in [5.41, 5.74) is 1.92. The van der Waals surface area contributed by atoms with E-state index in [1.54, 1.807) is 30.3 Å². The molecule has 0 saturated carbocycles. The molecule has 2 aliphatic heterocycles. The molecule has 0 fully saturated rings. The number of ether oxygens (including phenoxy) is 2. The number of anilines is 1. The van der Waals surface area contributed by atoms with Gasteiger partial charge in [-0.1, -0.05) is 35.9 Å². The van der Waals surface area contributed by atoms with Crippen LogP contribution in [0, 0.1) is 0 Å². The lowest BCUT2D eigenvalue weighted by Crippen LogP contribution is -2.32. The number of amides is 2. The highest BCUT2D eigenvalue weighted by Gasteiger charge is 2.40. The van der Waals surface area contributed by atoms with Gasteiger partial charge in [0.15, 0.2) is 11.5 Å². The van der Waals surface area contributed by atoms with Gasteiger partial charge in [0.2, 0.25) is 0 Å². The van der Waals surface area contributed by atoms with Crippen molar-refractivity contribution in [3.05, 3.63) is 81.1 Å². The number of carbonyl (C=O) groups is 2. The molecule has 0 bridgehead atoms. The Bertz CT molecular complexity index is 1210. The Morgan fingerprint density at radius 1 is 0.968 bits per heavy atom. The van der Waals surface area contributed by atoms with E-state index in [-0.39, 0.29) is 18.1 Å². The van der Waals surface area contributed by atoms with Gasteiger partial charge in [-0.25, -0.2) is 0 Å². The third kappa shape index (κ3) is 3.66. The summed E-state index contributed by atoms with van der Waals surface area (Å²) in [6.45, 7) is 1.05. The molecule has 0 spiro atoms. The highest BCUT2D eigenvalue weighted by atomic mass is 35.5. The maximum atomic E-state index is 13.3. The van der Waals surface area contributed by atoms with Crippen molar-refractivity contribution in [2.75, 3.05) is 18.5 Å². The quantitative estimate of drug-likeness (QED) is 0.574. The zero-order chi connectivity index (χ0) is 21.4. The number of carbonyl (C=O) groups excluding carboxylic acids is 2. The Morgan fingerprint density at radius 3 is 2.55 bits per heavy atom. The van der Waals surface area contributed by atoms with Gasteiger partial charge < -0.3 is 14.8 Å². The number of nitrogens with zero attached hydrogens (tertiary/aromatic N) is 1. The average molecular weight is 453 g/mol. The predicted octanol–water partition coefficient (Wildman–Crippen LogP) is 4.56. The maximum Gasteiger partial charge on any atom is 0.278 e. The normalized spacial score (nSPS) is 15.6. The third-order valence-corrected chi connectivity index (χ3v) is 6.29. The molecule has 8 heteroatoms. The summed E-state index contributed by atoms with van der Waals surface area (Å²) in [5, 5.41) is 5.53. The van der Waals surface area contributed by atoms with Gasteiger partial charge in [0.05, 0.1) is 12.1 Å². The Hall–Kier alpha value is -3.29. The molecule has 1 N–H and O–H groups in total. The molecule has 2 amide bonds. The summed E-state index contributed by atoms with van der Waals surface area (Å²) in [6.07, 6.45) is 0. The van der Waals surface area contributed by atoms with E-state index in [1.807, 2.05) is 29.6 Å². The number of hydrogen-bond donors (Lipinski definition) is 1. The van der Waals surface area contributed by atoms with Gasteiger partial charge in [-0.15, -0.1) is 11.3 Å². The highest BCUT2D eigenvalue weighted by Crippen LogP contribution is 2.37. The molecule has 5 rings (SSSR count). The van der Waals surface area contributed by atoms with E-state index < -0.39 is 5.91 Å². The van der Waals surface area contributed by atoms with Crippen LogP contribution in [-0.2, 0) is 16.1 Å². The van der Waals surface area contributed by atoms with Crippen LogP contribution in [0.3, 0.4) is 0 Å². The van der Waals surface area contributed by atoms with Gasteiger partial charge in [0.1, 0.15) is 18.9 Å². The lowest BCUT2D eigenvalue weighted by Gasteiger charge is -2.19. The van der Waals surface area contributed by atoms with Crippen LogP contribution < -0.4 is 14.8 Å². The van der Waals surface area contributed by atoms with E-state index in [0.717, 1.165) is 4.88 Å². The van der Waals surface area contributed by atoms with Gasteiger partial charge in [-0.05, 0) is 35.2 Å². The van der Waals surface area contributed by atoms with E-state index in [1.165, 1.54) is 16.2 Å². The number of halogens is 1. The fraction of sp³-hybridized carbons (Fsp3) is 0.130. The van der Waals surface area contributed by atoms with E-state index in [0.29, 0.717) is 46.6 Å². The molecule has 2 aliphatic rings. The van der Waals surface area contributed by atoms with Crippen LogP contribution in [0.4, 0.5) is 5.69 Å². The van der Waals surface area contributed by atoms with Gasteiger partial charge in [0.25, 0.3) is 11.8 Å². The van der Waals surface area contributed by atoms with Crippen LogP contribution >= 0.6 is 22.9 Å². The van der Waals surface area contributed by atoms with E-state index in [4.69, 9.17) is 21.1 Å². The topological polar surface area (TPSA) is 67.9 Å². The zero-order valence-electron chi connectivity index (χ0n) is 16.3. The third-order valence-electron chi connectivity index (χ3n) is 5.03. The first-order valence-electron chi connectivity index (χ1n) is 9.66. The molecule has 6 nitrogen and oxygen atoms in total. The van der Waals surface area contributed by atoms with Crippen molar-refractivity contribution in [2.24, 2.45) is 0 Å². The summed E-state index contributed by atoms with van der Waals surface area (Å²) in [5.74, 6) is 0.494. The largest absolute Gasteiger partial charge is 0.486 e. The molecule has 0 radical (unpaired) electrons. The number of nitrogens with one attached hydrogen (secondary N) is 1. The van der Waals surface area contributed by atoms with Gasteiger partial charge >= 0.3 is 0 Å². The van der Waals surface area contributed by atoms with Crippen molar-refractivity contribution in [1.82, 2.24) is 4.90 Å². The summed E-state index contributed by atoms with van der Waals surface area (Å²) in [4.78, 5) is 28.6. The summed E-state index contributed by atoms with van der Waals surface area (Å²) in [7, 11) is 0. The molecule has 0 aliphatic carbocycles. The summed E-state index contributed by atoms with van der Waals surface area (Å²) >= 11 is 7.67. The van der Waals surface area contributed by atoms with Crippen molar-refractivity contribution in [2.45, 2.75) is 6.54 Å². The molecule has 156 valence electrons. The molecule has 2 aromatic carbocycles. The van der Waals surface area contributed by atoms with Crippen LogP contribution in [0.25, 0.3) is 5.57 Å². The molecule has 3 heterocycles. The van der Waals surface area contributed by atoms with Crippen LogP contribution in [0.2, 0.25) is 5.02 Å². The first kappa shape index (κ1) is 19.7. The molecule has 1 aromatic heterocycles. The van der Waals surface area contributed by atoms with E-state index >= 15 is 0 Å². The summed E-state index contributed by atoms with van der Waals surface area (Å²) in [6, 6.07) is 16.2. The number of hydrogen-bond acceptors (Lipinski definition) is 6. The standard InChI is InChI=1S/C23H17ClN2O4S/c24-16-5-2-1-4-14(16)13-26-22(27)20(19-6-3-11-31-19)21(23(26)28)25-15-7-8-17-18(12-15)30-10-9-29-17/h1-8,11-12,25H,9-10,13H2. The average Bonchev–Trinajstić information content (AvgIpc) is 3.38. The Kier molecular flexibility index (Phi) is 5.13. The zero-order valence-corrected chi connectivity index (χ0v) is 17.8. The fourth-order valence-electron chi connectivity index (χ4n) is 3.55. The second-order valence-electron chi connectivity index (χ2n) is 7.00. The van der Waals surface area contributed by atoms with Crippen molar-refractivity contribution in [3.63, 3.8) is 0 Å². The van der Waals surface area contributed by atoms with Crippen molar-refractivity contribution >= 4 is 46.0 Å². The molecular weight excluding hydrogens is 436 g/mol. The van der Waals surface area contributed by atoms with Crippen molar-refractivity contribution in [1.29, 1.82) is 0 Å². The minimum absolute atomic E-state index is 0.0958. The van der Waals surface area contributed by atoms with Gasteiger partial charge in [-0.2, -0.15) is 0 Å². The maximum absolute atomic E-state index is 13.3. The van der Waals surface area contributed by atoms with Crippen LogP contribution in [0.5, 0.6) is 11.5 Å². The van der Waals surface area contributed by atoms with E-state index in [9.17, 15) is 9.59 Å². The van der Waals surface area contributed by atoms with Gasteiger partial charge in [0, 0.05) is 21.7 Å². The second kappa shape index (κ2) is 8.09. The minimum Gasteiger partial charge on any atom is -0.486 e. The van der Waals surface area contributed by atoms with Crippen LogP contribution in [0.15, 0.2) is 65.7 Å². The van der Waals surface area contributed by atoms with E-state index in [2.05, 4.69) is 5.32 Å². The SMILES string of the molecule is O=C1C(Nc2ccc3c(c2)OCCO3)=C(c2cccs2)C(=O)N1Cc1ccccc1Cl. The molecular formula is C23H17ClN2O4S. The summed E-state index contributed by atoms with van der Waals surface area (Å²) < 4.78 is 11.2. The molecule has 0 unspecified atom stereocenters. The molecule has 0 saturated heterocycles. The van der Waals surface area contributed by atoms with Crippen LogP contribution in [0.1, 0.15) is 10.4 Å². The fourth-order valence-corrected chi connectivity index (χ4v) is 4.51. The highest BCUT2D eigenvalue weighted by molar-refractivity contribution is 7.11. The Labute approximate surface area is 187 Å². The van der Waals surface area contributed by atoms with Crippen LogP contribution in [-0.4, -0.2) is 29.9 Å². The predicted molar refractivity (Wildman–Crippen MR) is 119 cm³/mol. The van der Waals surface area contributed by atoms with Gasteiger partial charge in [-0.3, -0.25) is 14.5 Å². The lowest BCUT2D eigenvalue weighted by molar-refractivity contribution is -0.137. The number of benzene rings is 2. The molecule has 3 aromatic rings. The number of imide groups is 1. The number of thiophene rings is 1. The molecule has 31 heavy (non-hydrogen) atoms. The monoisotopic (exact) mass is 452 g/mol. The second-order valence-corrected chi connectivity index (χ2v) is 8.35. The number of rotatable bonds is 5. The minimum atomic E-state index is -0.400.